The van der Waals surface area contributed by atoms with Crippen molar-refractivity contribution in [1.29, 1.82) is 5.26 Å². The van der Waals surface area contributed by atoms with Gasteiger partial charge in [0.2, 0.25) is 5.82 Å². The van der Waals surface area contributed by atoms with Crippen molar-refractivity contribution in [3.8, 4) is 6.07 Å². The lowest BCUT2D eigenvalue weighted by atomic mass is 10.1. The fraction of sp³-hybridized carbons (Fsp3) is 0.429. The van der Waals surface area contributed by atoms with E-state index in [9.17, 15) is 13.2 Å². The summed E-state index contributed by atoms with van der Waals surface area (Å²) < 4.78 is 40.3. The first-order chi connectivity index (χ1) is 9.34. The molecule has 0 bridgehead atoms. The molecule has 0 atom stereocenters. The molecular formula is C14H14F3N3. The van der Waals surface area contributed by atoms with Gasteiger partial charge in [-0.1, -0.05) is 0 Å². The predicted octanol–water partition coefficient (Wildman–Crippen LogP) is 3.98. The van der Waals surface area contributed by atoms with Gasteiger partial charge in [0.1, 0.15) is 0 Å². The van der Waals surface area contributed by atoms with E-state index in [2.05, 4.69) is 4.98 Å². The summed E-state index contributed by atoms with van der Waals surface area (Å²) in [5.41, 5.74) is 2.65. The van der Waals surface area contributed by atoms with Crippen molar-refractivity contribution in [3.05, 3.63) is 29.1 Å². The second kappa shape index (κ2) is 5.16. The van der Waals surface area contributed by atoms with E-state index in [0.29, 0.717) is 17.5 Å². The van der Waals surface area contributed by atoms with Crippen LogP contribution in [0.2, 0.25) is 0 Å². The minimum absolute atomic E-state index is 0.140. The molecular weight excluding hydrogens is 267 g/mol. The average molecular weight is 281 g/mol. The van der Waals surface area contributed by atoms with Crippen LogP contribution in [0, 0.1) is 25.2 Å². The molecule has 2 rings (SSSR count). The van der Waals surface area contributed by atoms with E-state index < -0.39 is 12.0 Å². The van der Waals surface area contributed by atoms with E-state index in [1.165, 1.54) is 4.57 Å². The normalized spacial score (nSPS) is 11.8. The highest BCUT2D eigenvalue weighted by Crippen LogP contribution is 2.32. The minimum Gasteiger partial charge on any atom is -0.320 e. The molecule has 0 aliphatic carbocycles. The Kier molecular flexibility index (Phi) is 3.71. The fourth-order valence-corrected chi connectivity index (χ4v) is 2.14. The molecule has 0 amide bonds. The number of aryl methyl sites for hydroxylation is 3. The van der Waals surface area contributed by atoms with Crippen molar-refractivity contribution in [2.75, 3.05) is 0 Å². The number of nitriles is 1. The third-order valence-corrected chi connectivity index (χ3v) is 3.29. The van der Waals surface area contributed by atoms with Gasteiger partial charge in [-0.05, 0) is 43.5 Å². The average Bonchev–Trinajstić information content (AvgIpc) is 2.69. The number of imidazole rings is 1. The Morgan fingerprint density at radius 1 is 1.25 bits per heavy atom. The highest BCUT2D eigenvalue weighted by Gasteiger charge is 2.37. The molecule has 1 heterocycles. The van der Waals surface area contributed by atoms with Gasteiger partial charge in [0.05, 0.1) is 17.1 Å². The summed E-state index contributed by atoms with van der Waals surface area (Å²) >= 11 is 0. The Labute approximate surface area is 114 Å². The molecule has 3 nitrogen and oxygen atoms in total. The molecule has 0 fully saturated rings. The van der Waals surface area contributed by atoms with E-state index >= 15 is 0 Å². The Morgan fingerprint density at radius 2 is 1.90 bits per heavy atom. The number of alkyl halides is 3. The molecule has 1 aromatic carbocycles. The largest absolute Gasteiger partial charge is 0.449 e. The maximum absolute atomic E-state index is 13.0. The highest BCUT2D eigenvalue weighted by molar-refractivity contribution is 5.78. The van der Waals surface area contributed by atoms with Crippen molar-refractivity contribution < 1.29 is 13.2 Å². The monoisotopic (exact) mass is 281 g/mol. The summed E-state index contributed by atoms with van der Waals surface area (Å²) in [7, 11) is 0. The lowest BCUT2D eigenvalue weighted by molar-refractivity contribution is -0.146. The van der Waals surface area contributed by atoms with E-state index in [0.717, 1.165) is 11.1 Å². The molecule has 1 aromatic heterocycles. The molecule has 6 heteroatoms. The van der Waals surface area contributed by atoms with Crippen LogP contribution in [-0.4, -0.2) is 9.55 Å². The van der Waals surface area contributed by atoms with Crippen molar-refractivity contribution in [2.24, 2.45) is 0 Å². The van der Waals surface area contributed by atoms with Gasteiger partial charge in [-0.2, -0.15) is 18.4 Å². The number of rotatable bonds is 3. The Hall–Kier alpha value is -2.03. The topological polar surface area (TPSA) is 41.6 Å². The number of nitrogens with zero attached hydrogens (tertiary/aromatic N) is 3. The van der Waals surface area contributed by atoms with Gasteiger partial charge in [0.25, 0.3) is 0 Å². The summed E-state index contributed by atoms with van der Waals surface area (Å²) in [5, 5.41) is 8.52. The van der Waals surface area contributed by atoms with Crippen LogP contribution in [0.25, 0.3) is 11.0 Å². The first-order valence-corrected chi connectivity index (χ1v) is 6.26. The standard InChI is InChI=1S/C14H14F3N3/c1-9-7-11-12(8-10(9)2)20(6-4-3-5-18)13(19-11)14(15,16)17/h7-8H,3-4,6H2,1-2H3. The fourth-order valence-electron chi connectivity index (χ4n) is 2.14. The Morgan fingerprint density at radius 3 is 2.50 bits per heavy atom. The van der Waals surface area contributed by atoms with Crippen molar-refractivity contribution in [1.82, 2.24) is 9.55 Å². The molecule has 2 aromatic rings. The number of hydrogen-bond donors (Lipinski definition) is 0. The van der Waals surface area contributed by atoms with Crippen LogP contribution in [0.1, 0.15) is 29.8 Å². The van der Waals surface area contributed by atoms with E-state index in [-0.39, 0.29) is 13.0 Å². The zero-order valence-corrected chi connectivity index (χ0v) is 11.3. The number of fused-ring (bicyclic) bond motifs is 1. The third-order valence-electron chi connectivity index (χ3n) is 3.29. The van der Waals surface area contributed by atoms with E-state index in [1.54, 1.807) is 12.1 Å². The van der Waals surface area contributed by atoms with Crippen molar-refractivity contribution >= 4 is 11.0 Å². The van der Waals surface area contributed by atoms with Gasteiger partial charge in [-0.3, -0.25) is 0 Å². The quantitative estimate of drug-likeness (QED) is 0.799. The van der Waals surface area contributed by atoms with E-state index in [4.69, 9.17) is 5.26 Å². The molecule has 0 saturated carbocycles. The van der Waals surface area contributed by atoms with Crippen LogP contribution in [0.3, 0.4) is 0 Å². The molecule has 0 aliphatic heterocycles. The lowest BCUT2D eigenvalue weighted by Gasteiger charge is -2.10. The Balaban J connectivity index is 2.59. The zero-order chi connectivity index (χ0) is 14.9. The van der Waals surface area contributed by atoms with Crippen molar-refractivity contribution in [2.45, 2.75) is 39.4 Å². The van der Waals surface area contributed by atoms with Crippen LogP contribution in [-0.2, 0) is 12.7 Å². The van der Waals surface area contributed by atoms with Crippen LogP contribution < -0.4 is 0 Å². The van der Waals surface area contributed by atoms with Crippen LogP contribution in [0.4, 0.5) is 13.2 Å². The molecule has 0 spiro atoms. The predicted molar refractivity (Wildman–Crippen MR) is 69.1 cm³/mol. The first-order valence-electron chi connectivity index (χ1n) is 6.26. The summed E-state index contributed by atoms with van der Waals surface area (Å²) in [5.74, 6) is -0.893. The highest BCUT2D eigenvalue weighted by atomic mass is 19.4. The SMILES string of the molecule is Cc1cc2nc(C(F)(F)F)n(CCCC#N)c2cc1C. The molecule has 0 N–H and O–H groups in total. The smallest absolute Gasteiger partial charge is 0.320 e. The van der Waals surface area contributed by atoms with E-state index in [1.807, 2.05) is 19.9 Å². The zero-order valence-electron chi connectivity index (χ0n) is 11.3. The van der Waals surface area contributed by atoms with Gasteiger partial charge in [0.15, 0.2) is 0 Å². The number of hydrogen-bond acceptors (Lipinski definition) is 2. The van der Waals surface area contributed by atoms with Crippen molar-refractivity contribution in [3.63, 3.8) is 0 Å². The minimum atomic E-state index is -4.49. The first kappa shape index (κ1) is 14.4. The molecule has 0 aliphatic rings. The number of aromatic nitrogens is 2. The molecule has 20 heavy (non-hydrogen) atoms. The Bertz CT molecular complexity index is 677. The van der Waals surface area contributed by atoms with Crippen LogP contribution in [0.5, 0.6) is 0 Å². The number of halogens is 3. The summed E-state index contributed by atoms with van der Waals surface area (Å²) in [6.07, 6.45) is -3.90. The molecule has 106 valence electrons. The molecule has 0 saturated heterocycles. The number of benzene rings is 1. The summed E-state index contributed by atoms with van der Waals surface area (Å²) in [6, 6.07) is 5.33. The maximum atomic E-state index is 13.0. The lowest BCUT2D eigenvalue weighted by Crippen LogP contribution is -2.15. The van der Waals surface area contributed by atoms with Gasteiger partial charge < -0.3 is 4.57 Å². The van der Waals surface area contributed by atoms with Gasteiger partial charge in [0, 0.05) is 13.0 Å². The van der Waals surface area contributed by atoms with Gasteiger partial charge in [-0.25, -0.2) is 4.98 Å². The van der Waals surface area contributed by atoms with Gasteiger partial charge >= 0.3 is 6.18 Å². The maximum Gasteiger partial charge on any atom is 0.449 e. The summed E-state index contributed by atoms with van der Waals surface area (Å²) in [4.78, 5) is 3.72. The second-order valence-electron chi connectivity index (χ2n) is 4.77. The van der Waals surface area contributed by atoms with Crippen LogP contribution >= 0.6 is 0 Å². The third kappa shape index (κ3) is 2.62. The second-order valence-corrected chi connectivity index (χ2v) is 4.77. The number of unbranched alkanes of at least 4 members (excludes halogenated alkanes) is 1. The van der Waals surface area contributed by atoms with Gasteiger partial charge in [-0.15, -0.1) is 0 Å². The summed E-state index contributed by atoms with van der Waals surface area (Å²) in [6.45, 7) is 3.84. The van der Waals surface area contributed by atoms with Crippen LogP contribution in [0.15, 0.2) is 12.1 Å². The molecule has 0 unspecified atom stereocenters. The molecule has 0 radical (unpaired) electrons.